The Kier molecular flexibility index (Phi) is 5.64. The molecule has 0 radical (unpaired) electrons. The molecule has 5 rings (SSSR count). The van der Waals surface area contributed by atoms with Crippen LogP contribution >= 0.6 is 38.9 Å². The zero-order valence-corrected chi connectivity index (χ0v) is 19.9. The molecule has 0 saturated heterocycles. The Morgan fingerprint density at radius 1 is 1.12 bits per heavy atom. The van der Waals surface area contributed by atoms with E-state index in [1.165, 1.54) is 11.3 Å². The predicted octanol–water partition coefficient (Wildman–Crippen LogP) is 5.73. The molecule has 0 aliphatic carbocycles. The largest absolute Gasteiger partial charge is 0.382 e. The molecule has 0 aliphatic rings. The summed E-state index contributed by atoms with van der Waals surface area (Å²) in [6.07, 6.45) is 0. The number of fused-ring (bicyclic) bond motifs is 1. The van der Waals surface area contributed by atoms with Gasteiger partial charge in [-0.3, -0.25) is 0 Å². The second kappa shape index (κ2) is 8.59. The van der Waals surface area contributed by atoms with Crippen LogP contribution in [0.5, 0.6) is 0 Å². The van der Waals surface area contributed by atoms with Gasteiger partial charge in [-0.1, -0.05) is 51.8 Å². The lowest BCUT2D eigenvalue weighted by atomic mass is 10.1. The first kappa shape index (κ1) is 21.0. The number of hydrogen-bond acceptors (Lipinski definition) is 7. The van der Waals surface area contributed by atoms with Gasteiger partial charge in [0.15, 0.2) is 17.2 Å². The number of hydrogen-bond donors (Lipinski definition) is 1. The summed E-state index contributed by atoms with van der Waals surface area (Å²) in [7, 11) is 1.62. The Balaban J connectivity index is 1.63. The summed E-state index contributed by atoms with van der Waals surface area (Å²) < 4.78 is 7.96. The Morgan fingerprint density at radius 3 is 2.69 bits per heavy atom. The van der Waals surface area contributed by atoms with Crippen molar-refractivity contribution >= 4 is 50.3 Å². The maximum atomic E-state index is 6.50. The molecule has 0 bridgehead atoms. The molecule has 3 heterocycles. The molecule has 0 fully saturated rings. The summed E-state index contributed by atoms with van der Waals surface area (Å²) in [6, 6.07) is 15.5. The Bertz CT molecular complexity index is 1430. The second-order valence-corrected chi connectivity index (χ2v) is 9.19. The number of nitrogens with zero attached hydrogens (tertiary/aromatic N) is 5. The van der Waals surface area contributed by atoms with Crippen LogP contribution in [0.25, 0.3) is 38.7 Å². The van der Waals surface area contributed by atoms with Crippen molar-refractivity contribution in [3.63, 3.8) is 0 Å². The molecular formula is C22H16BrClN6OS. The monoisotopic (exact) mass is 526 g/mol. The smallest absolute Gasteiger partial charge is 0.187 e. The summed E-state index contributed by atoms with van der Waals surface area (Å²) in [5.74, 6) is 0.359. The van der Waals surface area contributed by atoms with Gasteiger partial charge < -0.3 is 10.5 Å². The van der Waals surface area contributed by atoms with E-state index in [1.54, 1.807) is 11.6 Å². The van der Waals surface area contributed by atoms with Gasteiger partial charge in [0.05, 0.1) is 23.6 Å². The standard InChI is InChI=1S/C22H16BrClN6OS/c1-31-10-16-18(13-3-2-4-15(24)9-13)21-28-27-19(20(25)30(21)29-16)22-26-17(11-32-22)12-5-7-14(23)8-6-12/h2-9,11H,10,25H2,1H3. The van der Waals surface area contributed by atoms with Gasteiger partial charge in [-0.15, -0.1) is 21.5 Å². The fourth-order valence-corrected chi connectivity index (χ4v) is 4.70. The van der Waals surface area contributed by atoms with Crippen LogP contribution < -0.4 is 5.73 Å². The third kappa shape index (κ3) is 3.77. The highest BCUT2D eigenvalue weighted by Gasteiger charge is 2.22. The molecule has 2 aromatic carbocycles. The number of thiazole rings is 1. The minimum Gasteiger partial charge on any atom is -0.382 e. The minimum atomic E-state index is 0.297. The number of nitrogen functional groups attached to an aromatic ring is 1. The number of ether oxygens (including phenoxy) is 1. The first-order chi connectivity index (χ1) is 15.5. The SMILES string of the molecule is COCc1nn2c(N)c(-c3nc(-c4ccc(Br)cc4)cs3)nnc2c1-c1cccc(Cl)c1. The molecule has 10 heteroatoms. The molecule has 0 amide bonds. The maximum Gasteiger partial charge on any atom is 0.187 e. The van der Waals surface area contributed by atoms with Crippen LogP contribution in [0.3, 0.4) is 0 Å². The molecule has 0 aliphatic heterocycles. The number of methoxy groups -OCH3 is 1. The molecule has 5 aromatic rings. The summed E-state index contributed by atoms with van der Waals surface area (Å²) in [4.78, 5) is 4.72. The van der Waals surface area contributed by atoms with Crippen LogP contribution in [0.4, 0.5) is 5.82 Å². The van der Waals surface area contributed by atoms with Gasteiger partial charge in [-0.2, -0.15) is 9.61 Å². The molecule has 7 nitrogen and oxygen atoms in total. The van der Waals surface area contributed by atoms with E-state index in [4.69, 9.17) is 27.1 Å². The quantitative estimate of drug-likeness (QED) is 0.314. The van der Waals surface area contributed by atoms with E-state index in [9.17, 15) is 0 Å². The van der Waals surface area contributed by atoms with E-state index in [0.717, 1.165) is 26.9 Å². The van der Waals surface area contributed by atoms with Crippen molar-refractivity contribution in [2.45, 2.75) is 6.61 Å². The van der Waals surface area contributed by atoms with Gasteiger partial charge in [0, 0.05) is 27.5 Å². The number of aromatic nitrogens is 5. The average Bonchev–Trinajstić information content (AvgIpc) is 3.40. The topological polar surface area (TPSA) is 91.2 Å². The second-order valence-electron chi connectivity index (χ2n) is 6.98. The highest BCUT2D eigenvalue weighted by molar-refractivity contribution is 9.10. The molecule has 0 saturated carbocycles. The zero-order chi connectivity index (χ0) is 22.2. The Labute approximate surface area is 201 Å². The lowest BCUT2D eigenvalue weighted by molar-refractivity contribution is 0.181. The highest BCUT2D eigenvalue weighted by Crippen LogP contribution is 2.34. The van der Waals surface area contributed by atoms with Crippen molar-refractivity contribution in [3.8, 4) is 33.1 Å². The van der Waals surface area contributed by atoms with Crippen LogP contribution in [0, 0.1) is 0 Å². The lowest BCUT2D eigenvalue weighted by Gasteiger charge is -2.05. The van der Waals surface area contributed by atoms with Crippen molar-refractivity contribution in [2.24, 2.45) is 0 Å². The van der Waals surface area contributed by atoms with Crippen LogP contribution in [-0.2, 0) is 11.3 Å². The molecule has 2 N–H and O–H groups in total. The van der Waals surface area contributed by atoms with Gasteiger partial charge in [-0.05, 0) is 29.8 Å². The van der Waals surface area contributed by atoms with Gasteiger partial charge in [0.25, 0.3) is 0 Å². The van der Waals surface area contributed by atoms with E-state index in [2.05, 4.69) is 31.2 Å². The van der Waals surface area contributed by atoms with Crippen molar-refractivity contribution in [2.75, 3.05) is 12.8 Å². The van der Waals surface area contributed by atoms with Crippen LogP contribution in [0.1, 0.15) is 5.69 Å². The molecule has 160 valence electrons. The van der Waals surface area contributed by atoms with Gasteiger partial charge in [0.1, 0.15) is 5.01 Å². The van der Waals surface area contributed by atoms with Crippen molar-refractivity contribution in [1.82, 2.24) is 24.8 Å². The number of benzene rings is 2. The first-order valence-electron chi connectivity index (χ1n) is 9.55. The van der Waals surface area contributed by atoms with E-state index >= 15 is 0 Å². The fraction of sp³-hybridized carbons (Fsp3) is 0.0909. The van der Waals surface area contributed by atoms with E-state index in [1.807, 2.05) is 53.9 Å². The summed E-state index contributed by atoms with van der Waals surface area (Å²) in [6.45, 7) is 0.297. The van der Waals surface area contributed by atoms with Crippen molar-refractivity contribution in [1.29, 1.82) is 0 Å². The predicted molar refractivity (Wildman–Crippen MR) is 131 cm³/mol. The van der Waals surface area contributed by atoms with Crippen LogP contribution in [0.15, 0.2) is 58.4 Å². The first-order valence-corrected chi connectivity index (χ1v) is 11.6. The van der Waals surface area contributed by atoms with Crippen LogP contribution in [0.2, 0.25) is 5.02 Å². The molecular weight excluding hydrogens is 512 g/mol. The Morgan fingerprint density at radius 2 is 1.94 bits per heavy atom. The number of anilines is 1. The van der Waals surface area contributed by atoms with Crippen molar-refractivity contribution in [3.05, 3.63) is 69.1 Å². The lowest BCUT2D eigenvalue weighted by Crippen LogP contribution is -2.05. The minimum absolute atomic E-state index is 0.297. The molecule has 0 atom stereocenters. The third-order valence-electron chi connectivity index (χ3n) is 4.89. The maximum absolute atomic E-state index is 6.50. The van der Waals surface area contributed by atoms with Gasteiger partial charge in [-0.25, -0.2) is 4.98 Å². The fourth-order valence-electron chi connectivity index (χ4n) is 3.43. The molecule has 3 aromatic heterocycles. The Hall–Kier alpha value is -2.85. The number of nitrogens with two attached hydrogens (primary N) is 1. The summed E-state index contributed by atoms with van der Waals surface area (Å²) in [5, 5.41) is 16.8. The van der Waals surface area contributed by atoms with Crippen molar-refractivity contribution < 1.29 is 4.74 Å². The normalized spacial score (nSPS) is 11.3. The number of rotatable bonds is 5. The van der Waals surface area contributed by atoms with Gasteiger partial charge in [0.2, 0.25) is 0 Å². The van der Waals surface area contributed by atoms with Gasteiger partial charge >= 0.3 is 0 Å². The van der Waals surface area contributed by atoms with E-state index in [-0.39, 0.29) is 0 Å². The number of halogens is 2. The molecule has 0 unspecified atom stereocenters. The highest BCUT2D eigenvalue weighted by atomic mass is 79.9. The summed E-state index contributed by atoms with van der Waals surface area (Å²) in [5.41, 5.74) is 11.7. The third-order valence-corrected chi connectivity index (χ3v) is 6.50. The van der Waals surface area contributed by atoms with Crippen LogP contribution in [-0.4, -0.2) is 31.9 Å². The van der Waals surface area contributed by atoms with E-state index < -0.39 is 0 Å². The van der Waals surface area contributed by atoms with E-state index in [0.29, 0.717) is 39.5 Å². The molecule has 32 heavy (non-hydrogen) atoms. The molecule has 0 spiro atoms. The zero-order valence-electron chi connectivity index (χ0n) is 16.8. The average molecular weight is 528 g/mol. The summed E-state index contributed by atoms with van der Waals surface area (Å²) >= 11 is 11.1.